The third-order valence-corrected chi connectivity index (χ3v) is 4.83. The fraction of sp³-hybridized carbons (Fsp3) is 0.929. The molecule has 0 spiro atoms. The van der Waals surface area contributed by atoms with E-state index in [1.807, 2.05) is 0 Å². The predicted octanol–water partition coefficient (Wildman–Crippen LogP) is 0.469. The first-order chi connectivity index (χ1) is 8.93. The Kier molecular flexibility index (Phi) is 4.48. The summed E-state index contributed by atoms with van der Waals surface area (Å²) in [6.07, 6.45) is 4.02. The highest BCUT2D eigenvalue weighted by molar-refractivity contribution is 5.85. The van der Waals surface area contributed by atoms with Crippen LogP contribution >= 0.6 is 0 Å². The fourth-order valence-corrected chi connectivity index (χ4v) is 3.43. The smallest absolute Gasteiger partial charge is 0.237 e. The average molecular weight is 269 g/mol. The van der Waals surface area contributed by atoms with Crippen LogP contribution in [0.3, 0.4) is 0 Å². The quantitative estimate of drug-likeness (QED) is 0.777. The van der Waals surface area contributed by atoms with E-state index in [9.17, 15) is 4.79 Å². The Bertz CT molecular complexity index is 337. The average Bonchev–Trinajstić information content (AvgIpc) is 2.73. The van der Waals surface area contributed by atoms with Gasteiger partial charge in [-0.15, -0.1) is 0 Å². The first kappa shape index (κ1) is 14.8. The van der Waals surface area contributed by atoms with E-state index in [-0.39, 0.29) is 11.8 Å². The molecule has 2 rings (SSSR count). The highest BCUT2D eigenvalue weighted by atomic mass is 16.5. The van der Waals surface area contributed by atoms with E-state index in [1.165, 1.54) is 0 Å². The van der Waals surface area contributed by atoms with Gasteiger partial charge in [-0.3, -0.25) is 9.69 Å². The molecule has 0 aromatic rings. The summed E-state index contributed by atoms with van der Waals surface area (Å²) in [5, 5.41) is 0. The molecule has 5 nitrogen and oxygen atoms in total. The Balaban J connectivity index is 1.89. The summed E-state index contributed by atoms with van der Waals surface area (Å²) >= 11 is 0. The van der Waals surface area contributed by atoms with Crippen LogP contribution in [0.2, 0.25) is 0 Å². The maximum atomic E-state index is 11.6. The minimum absolute atomic E-state index is 0.232. The van der Waals surface area contributed by atoms with Gasteiger partial charge in [-0.2, -0.15) is 0 Å². The molecule has 1 aliphatic carbocycles. The van der Waals surface area contributed by atoms with Crippen LogP contribution in [0.15, 0.2) is 0 Å². The van der Waals surface area contributed by atoms with E-state index in [2.05, 4.69) is 18.7 Å². The number of hydrogen-bond donors (Lipinski definition) is 2. The van der Waals surface area contributed by atoms with E-state index in [1.54, 1.807) is 0 Å². The second kappa shape index (κ2) is 5.77. The standard InChI is InChI=1S/C14H27N3O2/c1-10-9-19-11(2)8-17(10)7-5-12-4-3-6-14(12,16)13(15)18/h10-12H,3-9,16H2,1-2H3,(H2,15,18). The molecule has 4 unspecified atom stereocenters. The maximum Gasteiger partial charge on any atom is 0.237 e. The Morgan fingerprint density at radius 3 is 2.89 bits per heavy atom. The van der Waals surface area contributed by atoms with Gasteiger partial charge in [0.1, 0.15) is 0 Å². The molecule has 0 aromatic heterocycles. The molecular formula is C14H27N3O2. The lowest BCUT2D eigenvalue weighted by atomic mass is 9.84. The van der Waals surface area contributed by atoms with Crippen molar-refractivity contribution in [2.24, 2.45) is 17.4 Å². The first-order valence-corrected chi connectivity index (χ1v) is 7.38. The Morgan fingerprint density at radius 1 is 1.47 bits per heavy atom. The number of hydrogen-bond acceptors (Lipinski definition) is 4. The summed E-state index contributed by atoms with van der Waals surface area (Å²) in [5.74, 6) is -0.103. The molecule has 0 bridgehead atoms. The van der Waals surface area contributed by atoms with Gasteiger partial charge in [0.2, 0.25) is 5.91 Å². The largest absolute Gasteiger partial charge is 0.376 e. The lowest BCUT2D eigenvalue weighted by molar-refractivity contribution is -0.124. The minimum atomic E-state index is -0.777. The molecule has 1 saturated heterocycles. The molecule has 2 aliphatic rings. The third kappa shape index (κ3) is 3.09. The SMILES string of the molecule is CC1CN(CCC2CCCC2(N)C(N)=O)C(C)CO1. The van der Waals surface area contributed by atoms with Crippen molar-refractivity contribution in [2.45, 2.75) is 57.2 Å². The third-order valence-electron chi connectivity index (χ3n) is 4.83. The van der Waals surface area contributed by atoms with Gasteiger partial charge < -0.3 is 16.2 Å². The Morgan fingerprint density at radius 2 is 2.21 bits per heavy atom. The molecule has 1 heterocycles. The normalized spacial score (nSPS) is 40.5. The van der Waals surface area contributed by atoms with Gasteiger partial charge in [-0.1, -0.05) is 6.42 Å². The highest BCUT2D eigenvalue weighted by Crippen LogP contribution is 2.36. The molecule has 4 atom stereocenters. The molecule has 4 N–H and O–H groups in total. The van der Waals surface area contributed by atoms with E-state index < -0.39 is 5.54 Å². The van der Waals surface area contributed by atoms with Crippen molar-refractivity contribution < 1.29 is 9.53 Å². The predicted molar refractivity (Wildman–Crippen MR) is 74.5 cm³/mol. The molecule has 1 aliphatic heterocycles. The summed E-state index contributed by atoms with van der Waals surface area (Å²) in [6.45, 7) is 7.01. The van der Waals surface area contributed by atoms with Gasteiger partial charge in [0, 0.05) is 12.6 Å². The summed E-state index contributed by atoms with van der Waals surface area (Å²) in [5.41, 5.74) is 10.9. The number of amides is 1. The lowest BCUT2D eigenvalue weighted by Gasteiger charge is -2.38. The van der Waals surface area contributed by atoms with Crippen molar-refractivity contribution in [3.05, 3.63) is 0 Å². The molecule has 1 amide bonds. The van der Waals surface area contributed by atoms with Crippen LogP contribution in [0.5, 0.6) is 0 Å². The molecule has 0 aromatic carbocycles. The van der Waals surface area contributed by atoms with Crippen molar-refractivity contribution in [2.75, 3.05) is 19.7 Å². The van der Waals surface area contributed by atoms with Gasteiger partial charge in [-0.05, 0) is 45.6 Å². The zero-order valence-corrected chi connectivity index (χ0v) is 12.1. The van der Waals surface area contributed by atoms with Gasteiger partial charge in [0.25, 0.3) is 0 Å². The van der Waals surface area contributed by atoms with Crippen molar-refractivity contribution in [3.8, 4) is 0 Å². The molecule has 19 heavy (non-hydrogen) atoms. The molecule has 2 fully saturated rings. The zero-order chi connectivity index (χ0) is 14.0. The zero-order valence-electron chi connectivity index (χ0n) is 12.1. The first-order valence-electron chi connectivity index (χ1n) is 7.38. The topological polar surface area (TPSA) is 81.6 Å². The summed E-state index contributed by atoms with van der Waals surface area (Å²) in [7, 11) is 0. The van der Waals surface area contributed by atoms with Crippen LogP contribution in [-0.2, 0) is 9.53 Å². The van der Waals surface area contributed by atoms with E-state index in [4.69, 9.17) is 16.2 Å². The van der Waals surface area contributed by atoms with Gasteiger partial charge in [0.15, 0.2) is 0 Å². The van der Waals surface area contributed by atoms with E-state index in [0.717, 1.165) is 45.4 Å². The number of ether oxygens (including phenoxy) is 1. The van der Waals surface area contributed by atoms with Crippen molar-refractivity contribution >= 4 is 5.91 Å². The van der Waals surface area contributed by atoms with Crippen LogP contribution in [-0.4, -0.2) is 48.2 Å². The summed E-state index contributed by atoms with van der Waals surface area (Å²) in [4.78, 5) is 14.0. The van der Waals surface area contributed by atoms with Crippen LogP contribution in [0.4, 0.5) is 0 Å². The van der Waals surface area contributed by atoms with E-state index >= 15 is 0 Å². The van der Waals surface area contributed by atoms with Crippen molar-refractivity contribution in [1.82, 2.24) is 4.90 Å². The number of carbonyl (C=O) groups excluding carboxylic acids is 1. The van der Waals surface area contributed by atoms with Crippen molar-refractivity contribution in [3.63, 3.8) is 0 Å². The summed E-state index contributed by atoms with van der Waals surface area (Å²) < 4.78 is 5.63. The van der Waals surface area contributed by atoms with E-state index in [0.29, 0.717) is 12.1 Å². The molecule has 5 heteroatoms. The second-order valence-electron chi connectivity index (χ2n) is 6.27. The van der Waals surface area contributed by atoms with Crippen molar-refractivity contribution in [1.29, 1.82) is 0 Å². The highest BCUT2D eigenvalue weighted by Gasteiger charge is 2.44. The lowest BCUT2D eigenvalue weighted by Crippen LogP contribution is -2.55. The van der Waals surface area contributed by atoms with Crippen LogP contribution in [0.25, 0.3) is 0 Å². The number of rotatable bonds is 4. The molecular weight excluding hydrogens is 242 g/mol. The number of nitrogens with zero attached hydrogens (tertiary/aromatic N) is 1. The number of carbonyl (C=O) groups is 1. The number of morpholine rings is 1. The monoisotopic (exact) mass is 269 g/mol. The van der Waals surface area contributed by atoms with Gasteiger partial charge >= 0.3 is 0 Å². The molecule has 1 saturated carbocycles. The second-order valence-corrected chi connectivity index (χ2v) is 6.27. The Hall–Kier alpha value is -0.650. The minimum Gasteiger partial charge on any atom is -0.376 e. The van der Waals surface area contributed by atoms with Gasteiger partial charge in [0.05, 0.1) is 18.2 Å². The molecule has 0 radical (unpaired) electrons. The van der Waals surface area contributed by atoms with Crippen LogP contribution in [0.1, 0.15) is 39.5 Å². The Labute approximate surface area is 115 Å². The summed E-state index contributed by atoms with van der Waals surface area (Å²) in [6, 6.07) is 0.443. The fourth-order valence-electron chi connectivity index (χ4n) is 3.43. The molecule has 110 valence electrons. The number of primary amides is 1. The number of nitrogens with two attached hydrogens (primary N) is 2. The van der Waals surface area contributed by atoms with Gasteiger partial charge in [-0.25, -0.2) is 0 Å². The maximum absolute atomic E-state index is 11.6. The van der Waals surface area contributed by atoms with Crippen LogP contribution in [0, 0.1) is 5.92 Å². The van der Waals surface area contributed by atoms with Crippen LogP contribution < -0.4 is 11.5 Å².